The fourth-order valence-corrected chi connectivity index (χ4v) is 1.34. The predicted octanol–water partition coefficient (Wildman–Crippen LogP) is 1.51. The second kappa shape index (κ2) is 6.67. The molecule has 4 nitrogen and oxygen atoms in total. The molecule has 1 rings (SSSR count). The van der Waals surface area contributed by atoms with Crippen molar-refractivity contribution in [3.63, 3.8) is 0 Å². The molecule has 0 saturated heterocycles. The highest BCUT2D eigenvalue weighted by molar-refractivity contribution is 5.74. The van der Waals surface area contributed by atoms with Gasteiger partial charge >= 0.3 is 6.03 Å². The molecule has 0 aromatic heterocycles. The van der Waals surface area contributed by atoms with Gasteiger partial charge in [-0.25, -0.2) is 4.79 Å². The Labute approximate surface area is 91.8 Å². The molecule has 0 unspecified atom stereocenters. The zero-order chi connectivity index (χ0) is 11.1. The standard InChI is InChI=1S/C11H22N2O2/c1-9(2)8-15-7-6-12-11(14)13-10-4-3-5-10/h9-10H,3-8H2,1-2H3,(H2,12,13,14). The van der Waals surface area contributed by atoms with Gasteiger partial charge < -0.3 is 15.4 Å². The lowest BCUT2D eigenvalue weighted by Gasteiger charge is -2.26. The van der Waals surface area contributed by atoms with Crippen LogP contribution in [-0.2, 0) is 4.74 Å². The van der Waals surface area contributed by atoms with Gasteiger partial charge in [-0.1, -0.05) is 13.8 Å². The van der Waals surface area contributed by atoms with E-state index in [-0.39, 0.29) is 6.03 Å². The van der Waals surface area contributed by atoms with E-state index in [0.29, 0.717) is 25.1 Å². The number of rotatable bonds is 6. The molecule has 1 aliphatic rings. The summed E-state index contributed by atoms with van der Waals surface area (Å²) in [4.78, 5) is 11.3. The summed E-state index contributed by atoms with van der Waals surface area (Å²) in [5.74, 6) is 0.550. The quantitative estimate of drug-likeness (QED) is 0.658. The maximum absolute atomic E-state index is 11.3. The van der Waals surface area contributed by atoms with Crippen LogP contribution < -0.4 is 10.6 Å². The van der Waals surface area contributed by atoms with Crippen LogP contribution in [-0.4, -0.2) is 31.8 Å². The Hall–Kier alpha value is -0.770. The highest BCUT2D eigenvalue weighted by Gasteiger charge is 2.18. The summed E-state index contributed by atoms with van der Waals surface area (Å²) in [7, 11) is 0. The molecule has 0 aromatic rings. The molecule has 0 atom stereocenters. The smallest absolute Gasteiger partial charge is 0.315 e. The van der Waals surface area contributed by atoms with Crippen molar-refractivity contribution in [3.05, 3.63) is 0 Å². The minimum Gasteiger partial charge on any atom is -0.379 e. The molecule has 15 heavy (non-hydrogen) atoms. The van der Waals surface area contributed by atoms with E-state index in [0.717, 1.165) is 19.4 Å². The molecule has 0 radical (unpaired) electrons. The Kier molecular flexibility index (Phi) is 5.47. The van der Waals surface area contributed by atoms with E-state index in [1.165, 1.54) is 6.42 Å². The van der Waals surface area contributed by atoms with Crippen molar-refractivity contribution < 1.29 is 9.53 Å². The van der Waals surface area contributed by atoms with E-state index >= 15 is 0 Å². The summed E-state index contributed by atoms with van der Waals surface area (Å²) in [6.45, 7) is 6.15. The lowest BCUT2D eigenvalue weighted by molar-refractivity contribution is 0.112. The average Bonchev–Trinajstić information content (AvgIpc) is 2.10. The van der Waals surface area contributed by atoms with Gasteiger partial charge in [-0.3, -0.25) is 0 Å². The van der Waals surface area contributed by atoms with Gasteiger partial charge in [-0.05, 0) is 25.2 Å². The van der Waals surface area contributed by atoms with Gasteiger partial charge in [0.2, 0.25) is 0 Å². The second-order valence-electron chi connectivity index (χ2n) is 4.50. The molecule has 0 aromatic carbocycles. The van der Waals surface area contributed by atoms with Crippen molar-refractivity contribution in [1.82, 2.24) is 10.6 Å². The Bertz CT molecular complexity index is 191. The van der Waals surface area contributed by atoms with Gasteiger partial charge in [0.05, 0.1) is 6.61 Å². The van der Waals surface area contributed by atoms with Crippen LogP contribution >= 0.6 is 0 Å². The van der Waals surface area contributed by atoms with Crippen LogP contribution in [0.4, 0.5) is 4.79 Å². The first-order chi connectivity index (χ1) is 7.18. The third-order valence-electron chi connectivity index (χ3n) is 2.42. The zero-order valence-electron chi connectivity index (χ0n) is 9.71. The Morgan fingerprint density at radius 1 is 1.47 bits per heavy atom. The molecule has 2 amide bonds. The molecule has 1 aliphatic carbocycles. The highest BCUT2D eigenvalue weighted by atomic mass is 16.5. The van der Waals surface area contributed by atoms with Gasteiger partial charge in [-0.2, -0.15) is 0 Å². The van der Waals surface area contributed by atoms with Crippen molar-refractivity contribution >= 4 is 6.03 Å². The first kappa shape index (κ1) is 12.3. The van der Waals surface area contributed by atoms with Crippen LogP contribution in [0.2, 0.25) is 0 Å². The Balaban J connectivity index is 1.88. The summed E-state index contributed by atoms with van der Waals surface area (Å²) in [5, 5.41) is 5.69. The van der Waals surface area contributed by atoms with Crippen LogP contribution in [0.3, 0.4) is 0 Å². The van der Waals surface area contributed by atoms with Crippen LogP contribution in [0, 0.1) is 5.92 Å². The number of nitrogens with one attached hydrogen (secondary N) is 2. The molecule has 1 saturated carbocycles. The first-order valence-electron chi connectivity index (χ1n) is 5.80. The number of carbonyl (C=O) groups excluding carboxylic acids is 1. The van der Waals surface area contributed by atoms with Crippen molar-refractivity contribution in [2.24, 2.45) is 5.92 Å². The summed E-state index contributed by atoms with van der Waals surface area (Å²) < 4.78 is 5.35. The molecule has 88 valence electrons. The number of hydrogen-bond acceptors (Lipinski definition) is 2. The largest absolute Gasteiger partial charge is 0.379 e. The first-order valence-corrected chi connectivity index (χ1v) is 5.80. The average molecular weight is 214 g/mol. The van der Waals surface area contributed by atoms with Gasteiger partial charge in [0.15, 0.2) is 0 Å². The van der Waals surface area contributed by atoms with Gasteiger partial charge in [0.1, 0.15) is 0 Å². The number of hydrogen-bond donors (Lipinski definition) is 2. The number of urea groups is 1. The molecular weight excluding hydrogens is 192 g/mol. The van der Waals surface area contributed by atoms with Gasteiger partial charge in [0, 0.05) is 19.2 Å². The SMILES string of the molecule is CC(C)COCCNC(=O)NC1CCC1. The van der Waals surface area contributed by atoms with E-state index < -0.39 is 0 Å². The molecule has 0 spiro atoms. The van der Waals surface area contributed by atoms with Crippen molar-refractivity contribution in [3.8, 4) is 0 Å². The van der Waals surface area contributed by atoms with Crippen molar-refractivity contribution in [2.75, 3.05) is 19.8 Å². The maximum Gasteiger partial charge on any atom is 0.315 e. The van der Waals surface area contributed by atoms with Gasteiger partial charge in [-0.15, -0.1) is 0 Å². The van der Waals surface area contributed by atoms with Crippen LogP contribution in [0.5, 0.6) is 0 Å². The van der Waals surface area contributed by atoms with E-state index in [4.69, 9.17) is 4.74 Å². The molecular formula is C11H22N2O2. The lowest BCUT2D eigenvalue weighted by Crippen LogP contribution is -2.45. The van der Waals surface area contributed by atoms with E-state index in [2.05, 4.69) is 24.5 Å². The summed E-state index contributed by atoms with van der Waals surface area (Å²) in [5.41, 5.74) is 0. The fraction of sp³-hybridized carbons (Fsp3) is 0.909. The third kappa shape index (κ3) is 5.62. The monoisotopic (exact) mass is 214 g/mol. The third-order valence-corrected chi connectivity index (χ3v) is 2.42. The minimum atomic E-state index is -0.0622. The summed E-state index contributed by atoms with van der Waals surface area (Å²) in [6, 6.07) is 0.342. The topological polar surface area (TPSA) is 50.4 Å². The molecule has 4 heteroatoms. The molecule has 1 fully saturated rings. The number of amides is 2. The predicted molar refractivity (Wildman–Crippen MR) is 59.8 cm³/mol. The zero-order valence-corrected chi connectivity index (χ0v) is 9.71. The molecule has 2 N–H and O–H groups in total. The fourth-order valence-electron chi connectivity index (χ4n) is 1.34. The molecule has 0 heterocycles. The van der Waals surface area contributed by atoms with Gasteiger partial charge in [0.25, 0.3) is 0 Å². The lowest BCUT2D eigenvalue weighted by atomic mass is 9.93. The Morgan fingerprint density at radius 2 is 2.20 bits per heavy atom. The summed E-state index contributed by atoms with van der Waals surface area (Å²) >= 11 is 0. The Morgan fingerprint density at radius 3 is 2.73 bits per heavy atom. The van der Waals surface area contributed by atoms with Crippen LogP contribution in [0.25, 0.3) is 0 Å². The van der Waals surface area contributed by atoms with E-state index in [1.54, 1.807) is 0 Å². The van der Waals surface area contributed by atoms with E-state index in [9.17, 15) is 4.79 Å². The number of carbonyl (C=O) groups is 1. The van der Waals surface area contributed by atoms with Crippen LogP contribution in [0.15, 0.2) is 0 Å². The molecule has 0 bridgehead atoms. The van der Waals surface area contributed by atoms with Crippen molar-refractivity contribution in [1.29, 1.82) is 0 Å². The number of ether oxygens (including phenoxy) is 1. The maximum atomic E-state index is 11.3. The van der Waals surface area contributed by atoms with Crippen LogP contribution in [0.1, 0.15) is 33.1 Å². The van der Waals surface area contributed by atoms with E-state index in [1.807, 2.05) is 0 Å². The second-order valence-corrected chi connectivity index (χ2v) is 4.50. The normalized spacial score (nSPS) is 16.2. The molecule has 0 aliphatic heterocycles. The van der Waals surface area contributed by atoms with Crippen molar-refractivity contribution in [2.45, 2.75) is 39.2 Å². The highest BCUT2D eigenvalue weighted by Crippen LogP contribution is 2.17. The minimum absolute atomic E-state index is 0.0622. The summed E-state index contributed by atoms with van der Waals surface area (Å²) in [6.07, 6.45) is 3.48.